The number of hydrogen-bond acceptors (Lipinski definition) is 3. The van der Waals surface area contributed by atoms with Crippen molar-refractivity contribution >= 4 is 11.4 Å². The molecule has 1 atom stereocenters. The molecule has 0 fully saturated rings. The lowest BCUT2D eigenvalue weighted by Crippen LogP contribution is -2.39. The Hall–Kier alpha value is -1.77. The lowest BCUT2D eigenvalue weighted by Gasteiger charge is -2.40. The molecule has 1 aromatic carbocycles. The smallest absolute Gasteiger partial charge is 0.166 e. The van der Waals surface area contributed by atoms with Gasteiger partial charge in [-0.3, -0.25) is 4.79 Å². The van der Waals surface area contributed by atoms with Crippen LogP contribution < -0.4 is 4.74 Å². The number of aromatic hydroxyl groups is 1. The molecule has 1 aromatic rings. The molecule has 3 nitrogen and oxygen atoms in total. The summed E-state index contributed by atoms with van der Waals surface area (Å²) in [7, 11) is 0. The van der Waals surface area contributed by atoms with E-state index in [2.05, 4.69) is 6.92 Å². The minimum absolute atomic E-state index is 0.00845. The van der Waals surface area contributed by atoms with Crippen molar-refractivity contribution in [3.05, 3.63) is 28.8 Å². The number of fused-ring (bicyclic) bond motifs is 2. The van der Waals surface area contributed by atoms with Crippen LogP contribution in [0.2, 0.25) is 0 Å². The summed E-state index contributed by atoms with van der Waals surface area (Å²) in [4.78, 5) is 12.8. The maximum absolute atomic E-state index is 12.8. The molecule has 3 heteroatoms. The fraction of sp³-hybridized carbons (Fsp3) is 0.571. The lowest BCUT2D eigenvalue weighted by molar-refractivity contribution is -0.117. The summed E-state index contributed by atoms with van der Waals surface area (Å²) >= 11 is 0. The van der Waals surface area contributed by atoms with Gasteiger partial charge in [0.15, 0.2) is 5.78 Å². The number of hydrogen-bond donors (Lipinski definition) is 1. The molecule has 0 saturated carbocycles. The zero-order chi connectivity index (χ0) is 17.5. The Labute approximate surface area is 144 Å². The Morgan fingerprint density at radius 3 is 2.75 bits per heavy atom. The van der Waals surface area contributed by atoms with E-state index in [1.165, 1.54) is 12.8 Å². The standard InChI is InChI=1S/C21H28O3/c1-5-6-7-8-14-11-16(22)19-17(12-14)24-21(3,4)15-10-9-13(2)20(23)18(15)19/h11-13,22H,5-10H2,1-4H3. The Morgan fingerprint density at radius 1 is 1.29 bits per heavy atom. The van der Waals surface area contributed by atoms with Gasteiger partial charge < -0.3 is 9.84 Å². The first-order valence-electron chi connectivity index (χ1n) is 9.18. The van der Waals surface area contributed by atoms with E-state index in [-0.39, 0.29) is 17.5 Å². The number of phenols is 1. The van der Waals surface area contributed by atoms with Gasteiger partial charge in [0.1, 0.15) is 17.1 Å². The number of ketones is 1. The van der Waals surface area contributed by atoms with Gasteiger partial charge in [0.05, 0.1) is 5.56 Å². The number of benzene rings is 1. The molecule has 0 saturated heterocycles. The number of rotatable bonds is 4. The monoisotopic (exact) mass is 328 g/mol. The van der Waals surface area contributed by atoms with Gasteiger partial charge in [0.25, 0.3) is 0 Å². The molecule has 0 amide bonds. The highest BCUT2D eigenvalue weighted by molar-refractivity contribution is 6.25. The summed E-state index contributed by atoms with van der Waals surface area (Å²) in [6, 6.07) is 3.83. The first-order valence-corrected chi connectivity index (χ1v) is 9.18. The van der Waals surface area contributed by atoms with Gasteiger partial charge in [0.2, 0.25) is 0 Å². The summed E-state index contributed by atoms with van der Waals surface area (Å²) in [5.74, 6) is 0.995. The average molecular weight is 328 g/mol. The molecule has 1 N–H and O–H groups in total. The van der Waals surface area contributed by atoms with Crippen LogP contribution in [-0.2, 0) is 11.2 Å². The average Bonchev–Trinajstić information content (AvgIpc) is 2.50. The number of unbranched alkanes of at least 4 members (excludes halogenated alkanes) is 2. The summed E-state index contributed by atoms with van der Waals surface area (Å²) < 4.78 is 6.23. The van der Waals surface area contributed by atoms with Crippen molar-refractivity contribution in [3.63, 3.8) is 0 Å². The van der Waals surface area contributed by atoms with Crippen molar-refractivity contribution < 1.29 is 14.6 Å². The normalized spacial score (nSPS) is 22.0. The molecule has 1 heterocycles. The number of Topliss-reactive ketones (excluding diaryl/α,β-unsaturated/α-hetero) is 1. The maximum atomic E-state index is 12.8. The summed E-state index contributed by atoms with van der Waals surface area (Å²) in [5, 5.41) is 10.6. The van der Waals surface area contributed by atoms with Gasteiger partial charge in [-0.2, -0.15) is 0 Å². The second kappa shape index (κ2) is 6.27. The second-order valence-electron chi connectivity index (χ2n) is 7.72. The van der Waals surface area contributed by atoms with E-state index in [1.807, 2.05) is 32.9 Å². The zero-order valence-corrected chi connectivity index (χ0v) is 15.2. The molecule has 0 radical (unpaired) electrons. The predicted octanol–water partition coefficient (Wildman–Crippen LogP) is 5.05. The van der Waals surface area contributed by atoms with E-state index in [9.17, 15) is 9.90 Å². The Kier molecular flexibility index (Phi) is 4.46. The molecule has 1 aliphatic heterocycles. The SMILES string of the molecule is CCCCCc1cc(O)c2c(c1)OC(C)(C)C1=C2C(=O)C(C)CC1. The minimum atomic E-state index is -0.493. The van der Waals surface area contributed by atoms with Crippen LogP contribution in [0.25, 0.3) is 5.57 Å². The van der Waals surface area contributed by atoms with E-state index < -0.39 is 5.60 Å². The van der Waals surface area contributed by atoms with Crippen LogP contribution >= 0.6 is 0 Å². The molecular weight excluding hydrogens is 300 g/mol. The van der Waals surface area contributed by atoms with Gasteiger partial charge in [-0.15, -0.1) is 0 Å². The van der Waals surface area contributed by atoms with Crippen LogP contribution in [0.1, 0.15) is 70.9 Å². The zero-order valence-electron chi connectivity index (χ0n) is 15.2. The van der Waals surface area contributed by atoms with Crippen molar-refractivity contribution in [2.45, 2.75) is 71.8 Å². The highest BCUT2D eigenvalue weighted by Gasteiger charge is 2.42. The number of aryl methyl sites for hydroxylation is 1. The van der Waals surface area contributed by atoms with Crippen molar-refractivity contribution in [2.24, 2.45) is 5.92 Å². The molecule has 130 valence electrons. The molecule has 3 rings (SSSR count). The van der Waals surface area contributed by atoms with Crippen LogP contribution in [-0.4, -0.2) is 16.5 Å². The number of phenolic OH excluding ortho intramolecular Hbond substituents is 1. The quantitative estimate of drug-likeness (QED) is 0.787. The van der Waals surface area contributed by atoms with E-state index in [1.54, 1.807) is 0 Å². The molecule has 0 spiro atoms. The van der Waals surface area contributed by atoms with Crippen molar-refractivity contribution in [3.8, 4) is 11.5 Å². The van der Waals surface area contributed by atoms with Gasteiger partial charge in [-0.1, -0.05) is 26.7 Å². The van der Waals surface area contributed by atoms with Gasteiger partial charge >= 0.3 is 0 Å². The van der Waals surface area contributed by atoms with E-state index in [0.29, 0.717) is 16.9 Å². The lowest BCUT2D eigenvalue weighted by atomic mass is 9.73. The Bertz CT molecular complexity index is 697. The molecule has 2 aliphatic rings. The Morgan fingerprint density at radius 2 is 2.04 bits per heavy atom. The highest BCUT2D eigenvalue weighted by Crippen LogP contribution is 2.50. The second-order valence-corrected chi connectivity index (χ2v) is 7.72. The van der Waals surface area contributed by atoms with E-state index in [0.717, 1.165) is 36.8 Å². The number of ether oxygens (including phenoxy) is 1. The summed E-state index contributed by atoms with van der Waals surface area (Å²) in [5.41, 5.74) is 2.94. The largest absolute Gasteiger partial charge is 0.507 e. The van der Waals surface area contributed by atoms with Crippen molar-refractivity contribution in [2.75, 3.05) is 0 Å². The molecule has 1 aliphatic carbocycles. The molecule has 0 bridgehead atoms. The number of carbonyl (C=O) groups excluding carboxylic acids is 1. The number of carbonyl (C=O) groups is 1. The van der Waals surface area contributed by atoms with Crippen LogP contribution in [0, 0.1) is 5.92 Å². The minimum Gasteiger partial charge on any atom is -0.507 e. The molecular formula is C21H28O3. The molecule has 1 unspecified atom stereocenters. The predicted molar refractivity (Wildman–Crippen MR) is 96.4 cm³/mol. The fourth-order valence-electron chi connectivity index (χ4n) is 3.94. The summed E-state index contributed by atoms with van der Waals surface area (Å²) in [6.07, 6.45) is 6.08. The van der Waals surface area contributed by atoms with Gasteiger partial charge in [-0.25, -0.2) is 0 Å². The van der Waals surface area contributed by atoms with E-state index >= 15 is 0 Å². The van der Waals surface area contributed by atoms with Crippen LogP contribution in [0.5, 0.6) is 11.5 Å². The third kappa shape index (κ3) is 2.85. The van der Waals surface area contributed by atoms with Crippen LogP contribution in [0.4, 0.5) is 0 Å². The van der Waals surface area contributed by atoms with Gasteiger partial charge in [-0.05, 0) is 62.8 Å². The molecule has 24 heavy (non-hydrogen) atoms. The number of allylic oxidation sites excluding steroid dienone is 1. The molecule has 0 aromatic heterocycles. The summed E-state index contributed by atoms with van der Waals surface area (Å²) in [6.45, 7) is 8.20. The van der Waals surface area contributed by atoms with Crippen LogP contribution in [0.3, 0.4) is 0 Å². The van der Waals surface area contributed by atoms with E-state index in [4.69, 9.17) is 4.74 Å². The van der Waals surface area contributed by atoms with Crippen LogP contribution in [0.15, 0.2) is 17.7 Å². The Balaban J connectivity index is 2.08. The first-order chi connectivity index (χ1) is 11.3. The first kappa shape index (κ1) is 17.1. The third-order valence-corrected chi connectivity index (χ3v) is 5.38. The van der Waals surface area contributed by atoms with Crippen molar-refractivity contribution in [1.82, 2.24) is 0 Å². The topological polar surface area (TPSA) is 46.5 Å². The maximum Gasteiger partial charge on any atom is 0.166 e. The fourth-order valence-corrected chi connectivity index (χ4v) is 3.94. The van der Waals surface area contributed by atoms with Gasteiger partial charge in [0, 0.05) is 11.5 Å². The third-order valence-electron chi connectivity index (χ3n) is 5.38. The van der Waals surface area contributed by atoms with Crippen molar-refractivity contribution in [1.29, 1.82) is 0 Å². The highest BCUT2D eigenvalue weighted by atomic mass is 16.5.